The van der Waals surface area contributed by atoms with Crippen LogP contribution in [-0.4, -0.2) is 39.3 Å². The lowest BCUT2D eigenvalue weighted by Gasteiger charge is -2.03. The molecule has 0 saturated carbocycles. The maximum Gasteiger partial charge on any atom is 0.231 e. The van der Waals surface area contributed by atoms with Crippen molar-refractivity contribution in [1.29, 1.82) is 0 Å². The van der Waals surface area contributed by atoms with Crippen LogP contribution in [0.15, 0.2) is 23.4 Å². The monoisotopic (exact) mass is 329 g/mol. The summed E-state index contributed by atoms with van der Waals surface area (Å²) in [6.07, 6.45) is 0. The van der Waals surface area contributed by atoms with Crippen LogP contribution in [0.1, 0.15) is 5.56 Å². The number of aromatic nitrogens is 4. The van der Waals surface area contributed by atoms with Gasteiger partial charge in [-0.2, -0.15) is 0 Å². The first-order valence-corrected chi connectivity index (χ1v) is 7.37. The molecule has 2 aromatic rings. The van der Waals surface area contributed by atoms with Gasteiger partial charge in [0.15, 0.2) is 11.5 Å². The Morgan fingerprint density at radius 2 is 2.19 bits per heavy atom. The average Bonchev–Trinajstić information content (AvgIpc) is 3.07. The average molecular weight is 330 g/mol. The number of ether oxygens (including phenoxy) is 2. The first-order chi connectivity index (χ1) is 9.83. The predicted molar refractivity (Wildman–Crippen MR) is 72.6 cm³/mol. The third kappa shape index (κ3) is 3.99. The summed E-state index contributed by atoms with van der Waals surface area (Å²) in [5, 5.41) is 14.4. The maximum atomic E-state index is 5.36. The predicted octanol–water partition coefficient (Wildman–Crippen LogP) is -3.20. The number of thioether (sulfide) groups is 1. The van der Waals surface area contributed by atoms with E-state index in [1.165, 1.54) is 5.56 Å². The highest BCUT2D eigenvalue weighted by Gasteiger charge is 2.13. The van der Waals surface area contributed by atoms with Gasteiger partial charge in [-0.1, -0.05) is 11.8 Å². The fraction of sp³-hybridized carbons (Fsp3) is 0.417. The van der Waals surface area contributed by atoms with Gasteiger partial charge in [-0.25, -0.2) is 4.68 Å². The van der Waals surface area contributed by atoms with Crippen LogP contribution in [0.25, 0.3) is 0 Å². The Bertz CT molecular complexity index is 595. The van der Waals surface area contributed by atoms with Crippen LogP contribution in [0, 0.1) is 0 Å². The van der Waals surface area contributed by atoms with Gasteiger partial charge in [-0.15, -0.1) is 5.10 Å². The summed E-state index contributed by atoms with van der Waals surface area (Å²) in [5.74, 6) is 2.65. The van der Waals surface area contributed by atoms with Crippen LogP contribution in [0.3, 0.4) is 0 Å². The summed E-state index contributed by atoms with van der Waals surface area (Å²) in [4.78, 5) is 0. The van der Waals surface area contributed by atoms with Crippen molar-refractivity contribution in [3.05, 3.63) is 23.8 Å². The molecule has 1 aliphatic rings. The summed E-state index contributed by atoms with van der Waals surface area (Å²) < 4.78 is 12.3. The van der Waals surface area contributed by atoms with Gasteiger partial charge in [0.25, 0.3) is 0 Å². The van der Waals surface area contributed by atoms with Crippen molar-refractivity contribution >= 4 is 11.8 Å². The fourth-order valence-corrected chi connectivity index (χ4v) is 2.70. The van der Waals surface area contributed by atoms with E-state index in [0.717, 1.165) is 35.5 Å². The Balaban J connectivity index is 0.00000161. The third-order valence-corrected chi connectivity index (χ3v) is 4.00. The summed E-state index contributed by atoms with van der Waals surface area (Å²) in [7, 11) is 1.85. The number of halogens is 1. The number of nitrogens with two attached hydrogens (primary N) is 1. The van der Waals surface area contributed by atoms with E-state index in [2.05, 4.69) is 26.9 Å². The second-order valence-corrected chi connectivity index (χ2v) is 5.46. The van der Waals surface area contributed by atoms with E-state index in [0.29, 0.717) is 6.79 Å². The molecule has 114 valence electrons. The lowest BCUT2D eigenvalue weighted by atomic mass is 10.2. The van der Waals surface area contributed by atoms with Crippen LogP contribution in [0.4, 0.5) is 0 Å². The van der Waals surface area contributed by atoms with E-state index in [4.69, 9.17) is 9.47 Å². The molecule has 0 spiro atoms. The molecular formula is C12H16ClN5O2S. The van der Waals surface area contributed by atoms with Crippen LogP contribution < -0.4 is 27.2 Å². The molecule has 0 fully saturated rings. The number of benzene rings is 1. The summed E-state index contributed by atoms with van der Waals surface area (Å²) >= 11 is 1.66. The normalized spacial score (nSPS) is 12.2. The number of hydrogen-bond acceptors (Lipinski definition) is 6. The van der Waals surface area contributed by atoms with Crippen molar-refractivity contribution in [3.63, 3.8) is 0 Å². The Morgan fingerprint density at radius 3 is 3.00 bits per heavy atom. The first kappa shape index (κ1) is 15.9. The molecule has 1 aromatic heterocycles. The number of nitrogens with zero attached hydrogens (tertiary/aromatic N) is 4. The largest absolute Gasteiger partial charge is 1.00 e. The molecule has 0 atom stereocenters. The Morgan fingerprint density at radius 1 is 1.33 bits per heavy atom. The van der Waals surface area contributed by atoms with E-state index in [1.807, 2.05) is 19.2 Å². The van der Waals surface area contributed by atoms with Gasteiger partial charge in [-0.05, 0) is 28.6 Å². The molecule has 9 heteroatoms. The topological polar surface area (TPSA) is 78.7 Å². The second-order valence-electron chi connectivity index (χ2n) is 4.40. The number of fused-ring (bicyclic) bond motifs is 1. The van der Waals surface area contributed by atoms with Crippen molar-refractivity contribution in [2.75, 3.05) is 19.1 Å². The molecule has 3 rings (SSSR count). The zero-order chi connectivity index (χ0) is 13.8. The number of quaternary nitrogens is 1. The van der Waals surface area contributed by atoms with Crippen molar-refractivity contribution in [2.45, 2.75) is 11.7 Å². The second kappa shape index (κ2) is 7.48. The smallest absolute Gasteiger partial charge is 0.231 e. The van der Waals surface area contributed by atoms with Gasteiger partial charge in [0.05, 0.1) is 12.3 Å². The lowest BCUT2D eigenvalue weighted by Crippen LogP contribution is -3.00. The number of tetrazole rings is 1. The highest BCUT2D eigenvalue weighted by Crippen LogP contribution is 2.32. The minimum atomic E-state index is 0. The maximum absolute atomic E-state index is 5.36. The summed E-state index contributed by atoms with van der Waals surface area (Å²) in [5.41, 5.74) is 1.24. The van der Waals surface area contributed by atoms with Gasteiger partial charge in [0.1, 0.15) is 6.54 Å². The number of aryl methyl sites for hydroxylation is 1. The van der Waals surface area contributed by atoms with Gasteiger partial charge in [0.2, 0.25) is 11.9 Å². The third-order valence-electron chi connectivity index (χ3n) is 2.95. The summed E-state index contributed by atoms with van der Waals surface area (Å²) in [6.45, 7) is 2.26. The minimum Gasteiger partial charge on any atom is -1.00 e. The Kier molecular flexibility index (Phi) is 5.66. The summed E-state index contributed by atoms with van der Waals surface area (Å²) in [6, 6.07) is 6.08. The zero-order valence-corrected chi connectivity index (χ0v) is 13.1. The molecule has 0 radical (unpaired) electrons. The van der Waals surface area contributed by atoms with E-state index < -0.39 is 0 Å². The highest BCUT2D eigenvalue weighted by molar-refractivity contribution is 7.99. The molecule has 0 amide bonds. The van der Waals surface area contributed by atoms with Crippen molar-refractivity contribution < 1.29 is 27.2 Å². The molecule has 0 unspecified atom stereocenters. The van der Waals surface area contributed by atoms with Crippen LogP contribution >= 0.6 is 11.8 Å². The Labute approximate surface area is 132 Å². The molecule has 7 nitrogen and oxygen atoms in total. The van der Waals surface area contributed by atoms with Crippen molar-refractivity contribution in [1.82, 2.24) is 20.2 Å². The SMILES string of the molecule is Cn1nnnc1SCC[NH2+]Cc1ccc2c(c1)OCO2.[Cl-]. The lowest BCUT2D eigenvalue weighted by molar-refractivity contribution is -0.666. The Hall–Kier alpha value is -1.51. The quantitative estimate of drug-likeness (QED) is 0.444. The van der Waals surface area contributed by atoms with Crippen LogP contribution in [0.5, 0.6) is 11.5 Å². The standard InChI is InChI=1S/C12H15N5O2S.ClH/c1-17-12(14-15-16-17)20-5-4-13-7-9-2-3-10-11(6-9)19-8-18-10;/h2-3,6,13H,4-5,7-8H2,1H3;1H. The van der Waals surface area contributed by atoms with E-state index in [1.54, 1.807) is 16.4 Å². The van der Waals surface area contributed by atoms with Gasteiger partial charge in [-0.3, -0.25) is 0 Å². The van der Waals surface area contributed by atoms with E-state index >= 15 is 0 Å². The molecule has 2 N–H and O–H groups in total. The first-order valence-electron chi connectivity index (χ1n) is 6.38. The molecule has 0 saturated heterocycles. The van der Waals surface area contributed by atoms with Crippen molar-refractivity contribution in [3.8, 4) is 11.5 Å². The highest BCUT2D eigenvalue weighted by atomic mass is 35.5. The fourth-order valence-electron chi connectivity index (χ4n) is 1.91. The minimum absolute atomic E-state index is 0. The molecule has 1 aliphatic heterocycles. The van der Waals surface area contributed by atoms with E-state index in [-0.39, 0.29) is 12.4 Å². The van der Waals surface area contributed by atoms with E-state index in [9.17, 15) is 0 Å². The molecule has 0 bridgehead atoms. The zero-order valence-electron chi connectivity index (χ0n) is 11.5. The molecule has 1 aromatic carbocycles. The number of rotatable bonds is 6. The van der Waals surface area contributed by atoms with Gasteiger partial charge >= 0.3 is 0 Å². The van der Waals surface area contributed by atoms with Crippen molar-refractivity contribution in [2.24, 2.45) is 7.05 Å². The molecule has 0 aliphatic carbocycles. The van der Waals surface area contributed by atoms with Gasteiger partial charge in [0, 0.05) is 12.6 Å². The molecular weight excluding hydrogens is 314 g/mol. The van der Waals surface area contributed by atoms with Crippen LogP contribution in [0.2, 0.25) is 0 Å². The number of hydrogen-bond donors (Lipinski definition) is 1. The molecule has 21 heavy (non-hydrogen) atoms. The van der Waals surface area contributed by atoms with Gasteiger partial charge < -0.3 is 27.2 Å². The van der Waals surface area contributed by atoms with Crippen LogP contribution in [-0.2, 0) is 13.6 Å². The molecule has 2 heterocycles.